The second-order valence-electron chi connectivity index (χ2n) is 4.92. The van der Waals surface area contributed by atoms with Crippen molar-refractivity contribution in [3.63, 3.8) is 0 Å². The minimum absolute atomic E-state index is 0.267. The van der Waals surface area contributed by atoms with E-state index < -0.39 is 0 Å². The topological polar surface area (TPSA) is 60.9 Å². The van der Waals surface area contributed by atoms with Crippen molar-refractivity contribution in [2.45, 2.75) is 30.8 Å². The number of benzene rings is 1. The van der Waals surface area contributed by atoms with Gasteiger partial charge in [-0.2, -0.15) is 0 Å². The van der Waals surface area contributed by atoms with Gasteiger partial charge in [0.05, 0.1) is 11.4 Å². The summed E-state index contributed by atoms with van der Waals surface area (Å²) in [7, 11) is 0. The molecule has 1 amide bonds. The summed E-state index contributed by atoms with van der Waals surface area (Å²) in [5.41, 5.74) is 8.82. The number of thioether (sulfide) groups is 1. The molecule has 0 unspecified atom stereocenters. The van der Waals surface area contributed by atoms with Gasteiger partial charge in [0, 0.05) is 11.4 Å². The van der Waals surface area contributed by atoms with Gasteiger partial charge in [-0.05, 0) is 37.8 Å². The van der Waals surface area contributed by atoms with Crippen LogP contribution in [0, 0.1) is 0 Å². The number of primary amides is 1. The van der Waals surface area contributed by atoms with Crippen molar-refractivity contribution in [3.8, 4) is 5.69 Å². The lowest BCUT2D eigenvalue weighted by molar-refractivity contribution is -0.115. The van der Waals surface area contributed by atoms with Gasteiger partial charge in [-0.3, -0.25) is 9.36 Å². The molecule has 2 N–H and O–H groups in total. The first kappa shape index (κ1) is 13.2. The second-order valence-corrected chi connectivity index (χ2v) is 5.86. The molecule has 0 fully saturated rings. The lowest BCUT2D eigenvalue weighted by Gasteiger charge is -2.15. The van der Waals surface area contributed by atoms with E-state index in [0.29, 0.717) is 0 Å². The van der Waals surface area contributed by atoms with Gasteiger partial charge in [0.25, 0.3) is 0 Å². The molecular formula is C15H17N3OS. The number of hydrogen-bond acceptors (Lipinski definition) is 3. The molecule has 0 saturated carbocycles. The van der Waals surface area contributed by atoms with Crippen molar-refractivity contribution in [2.24, 2.45) is 5.73 Å². The Morgan fingerprint density at radius 2 is 2.00 bits per heavy atom. The number of imidazole rings is 1. The maximum absolute atomic E-state index is 11.0. The number of para-hydroxylation sites is 1. The summed E-state index contributed by atoms with van der Waals surface area (Å²) in [6, 6.07) is 10.2. The molecule has 0 atom stereocenters. The van der Waals surface area contributed by atoms with Gasteiger partial charge in [-0.25, -0.2) is 4.98 Å². The third-order valence-electron chi connectivity index (χ3n) is 3.46. The van der Waals surface area contributed by atoms with Crippen LogP contribution in [0.4, 0.5) is 0 Å². The van der Waals surface area contributed by atoms with E-state index in [1.165, 1.54) is 36.0 Å². The molecular weight excluding hydrogens is 270 g/mol. The zero-order chi connectivity index (χ0) is 13.9. The number of amides is 1. The molecule has 2 aromatic rings. The number of nitrogens with zero attached hydrogens (tertiary/aromatic N) is 2. The first-order chi connectivity index (χ1) is 9.75. The van der Waals surface area contributed by atoms with Gasteiger partial charge in [-0.1, -0.05) is 30.0 Å². The molecule has 20 heavy (non-hydrogen) atoms. The molecule has 5 heteroatoms. The molecule has 0 aliphatic heterocycles. The van der Waals surface area contributed by atoms with Gasteiger partial charge in [0.2, 0.25) is 5.91 Å². The lowest BCUT2D eigenvalue weighted by atomic mass is 10.0. The summed E-state index contributed by atoms with van der Waals surface area (Å²) < 4.78 is 2.18. The average Bonchev–Trinajstić information content (AvgIpc) is 2.84. The standard InChI is InChI=1S/C15H17N3OS/c16-14(19)10-20-15-17-12-8-4-5-9-13(12)18(15)11-6-2-1-3-7-11/h1-3,6-7H,4-5,8-10H2,(H2,16,19). The Balaban J connectivity index is 2.04. The van der Waals surface area contributed by atoms with Gasteiger partial charge >= 0.3 is 0 Å². The second kappa shape index (κ2) is 5.71. The van der Waals surface area contributed by atoms with Crippen molar-refractivity contribution in [3.05, 3.63) is 41.7 Å². The largest absolute Gasteiger partial charge is 0.369 e. The van der Waals surface area contributed by atoms with E-state index in [2.05, 4.69) is 16.7 Å². The molecule has 1 aliphatic rings. The Morgan fingerprint density at radius 3 is 2.75 bits per heavy atom. The Labute approximate surface area is 122 Å². The van der Waals surface area contributed by atoms with Crippen LogP contribution < -0.4 is 5.73 Å². The van der Waals surface area contributed by atoms with Crippen LogP contribution in [-0.4, -0.2) is 21.2 Å². The summed E-state index contributed by atoms with van der Waals surface area (Å²) in [6.07, 6.45) is 4.47. The first-order valence-corrected chi connectivity index (χ1v) is 7.81. The Hall–Kier alpha value is -1.75. The third-order valence-corrected chi connectivity index (χ3v) is 4.42. The molecule has 3 rings (SSSR count). The van der Waals surface area contributed by atoms with Crippen molar-refractivity contribution in [1.82, 2.24) is 9.55 Å². The van der Waals surface area contributed by atoms with E-state index in [9.17, 15) is 4.79 Å². The van der Waals surface area contributed by atoms with Crippen molar-refractivity contribution in [2.75, 3.05) is 5.75 Å². The highest BCUT2D eigenvalue weighted by Gasteiger charge is 2.21. The smallest absolute Gasteiger partial charge is 0.227 e. The lowest BCUT2D eigenvalue weighted by Crippen LogP contribution is -2.14. The third kappa shape index (κ3) is 2.58. The van der Waals surface area contributed by atoms with Crippen LogP contribution in [0.3, 0.4) is 0 Å². The zero-order valence-electron chi connectivity index (χ0n) is 11.2. The van der Waals surface area contributed by atoms with Crippen LogP contribution in [0.1, 0.15) is 24.2 Å². The van der Waals surface area contributed by atoms with Crippen molar-refractivity contribution in [1.29, 1.82) is 0 Å². The molecule has 0 spiro atoms. The summed E-state index contributed by atoms with van der Waals surface area (Å²) in [5, 5.41) is 0.877. The molecule has 0 saturated heterocycles. The highest BCUT2D eigenvalue weighted by molar-refractivity contribution is 7.99. The van der Waals surface area contributed by atoms with Crippen molar-refractivity contribution < 1.29 is 4.79 Å². The number of nitrogens with two attached hydrogens (primary N) is 1. The van der Waals surface area contributed by atoms with E-state index in [0.717, 1.165) is 23.7 Å². The highest BCUT2D eigenvalue weighted by atomic mass is 32.2. The Kier molecular flexibility index (Phi) is 3.78. The molecule has 4 nitrogen and oxygen atoms in total. The molecule has 1 heterocycles. The van der Waals surface area contributed by atoms with E-state index in [4.69, 9.17) is 10.7 Å². The van der Waals surface area contributed by atoms with Crippen LogP contribution in [0.25, 0.3) is 5.69 Å². The average molecular weight is 287 g/mol. The Bertz CT molecular complexity index is 622. The van der Waals surface area contributed by atoms with Crippen LogP contribution in [0.2, 0.25) is 0 Å². The van der Waals surface area contributed by atoms with Crippen LogP contribution in [0.5, 0.6) is 0 Å². The fourth-order valence-corrected chi connectivity index (χ4v) is 3.38. The maximum Gasteiger partial charge on any atom is 0.227 e. The van der Waals surface area contributed by atoms with Crippen LogP contribution in [0.15, 0.2) is 35.5 Å². The van der Waals surface area contributed by atoms with Crippen molar-refractivity contribution >= 4 is 17.7 Å². The predicted octanol–water partition coefficient (Wildman–Crippen LogP) is 2.33. The molecule has 1 aromatic heterocycles. The fourth-order valence-electron chi connectivity index (χ4n) is 2.59. The van der Waals surface area contributed by atoms with Gasteiger partial charge < -0.3 is 5.73 Å². The first-order valence-electron chi connectivity index (χ1n) is 6.82. The van der Waals surface area contributed by atoms with Crippen LogP contribution in [-0.2, 0) is 17.6 Å². The quantitative estimate of drug-likeness (QED) is 0.878. The van der Waals surface area contributed by atoms with Gasteiger partial charge in [-0.15, -0.1) is 0 Å². The number of carbonyl (C=O) groups excluding carboxylic acids is 1. The van der Waals surface area contributed by atoms with Gasteiger partial charge in [0.1, 0.15) is 0 Å². The minimum atomic E-state index is -0.310. The number of rotatable bonds is 4. The predicted molar refractivity (Wildman–Crippen MR) is 80.1 cm³/mol. The number of aromatic nitrogens is 2. The van der Waals surface area contributed by atoms with Gasteiger partial charge in [0.15, 0.2) is 5.16 Å². The number of aryl methyl sites for hydroxylation is 1. The van der Waals surface area contributed by atoms with E-state index >= 15 is 0 Å². The summed E-state index contributed by atoms with van der Waals surface area (Å²) in [4.78, 5) is 15.7. The van der Waals surface area contributed by atoms with E-state index in [-0.39, 0.29) is 11.7 Å². The number of carbonyl (C=O) groups is 1. The summed E-state index contributed by atoms with van der Waals surface area (Å²) in [6.45, 7) is 0. The molecule has 1 aromatic carbocycles. The minimum Gasteiger partial charge on any atom is -0.369 e. The SMILES string of the molecule is NC(=O)CSc1nc2c(n1-c1ccccc1)CCCC2. The zero-order valence-corrected chi connectivity index (χ0v) is 12.0. The summed E-state index contributed by atoms with van der Waals surface area (Å²) >= 11 is 1.42. The van der Waals surface area contributed by atoms with E-state index in [1.54, 1.807) is 0 Å². The molecule has 104 valence electrons. The molecule has 0 radical (unpaired) electrons. The highest BCUT2D eigenvalue weighted by Crippen LogP contribution is 2.30. The van der Waals surface area contributed by atoms with E-state index in [1.807, 2.05) is 18.2 Å². The summed E-state index contributed by atoms with van der Waals surface area (Å²) in [5.74, 6) is -0.0431. The van der Waals surface area contributed by atoms with Crippen LogP contribution >= 0.6 is 11.8 Å². The number of hydrogen-bond donors (Lipinski definition) is 1. The maximum atomic E-state index is 11.0. The normalized spacial score (nSPS) is 14.0. The Morgan fingerprint density at radius 1 is 1.25 bits per heavy atom. The molecule has 0 bridgehead atoms. The number of fused-ring (bicyclic) bond motifs is 1. The molecule has 1 aliphatic carbocycles. The monoisotopic (exact) mass is 287 g/mol. The fraction of sp³-hybridized carbons (Fsp3) is 0.333.